The first-order valence-electron chi connectivity index (χ1n) is 3.47. The van der Waals surface area contributed by atoms with E-state index in [0.29, 0.717) is 0 Å². The zero-order chi connectivity index (χ0) is 9.23. The summed E-state index contributed by atoms with van der Waals surface area (Å²) in [6.45, 7) is 6.86. The van der Waals surface area contributed by atoms with Crippen molar-refractivity contribution in [3.8, 4) is 0 Å². The smallest absolute Gasteiger partial charge is 0.333 e. The fourth-order valence-electron chi connectivity index (χ4n) is 1.13. The molecular weight excluding hydrogens is 142 g/mol. The Hall–Kier alpha value is -0.830. The second-order valence-electron chi connectivity index (χ2n) is 3.40. The number of hydrogen-bond acceptors (Lipinski definition) is 2. The van der Waals surface area contributed by atoms with E-state index in [4.69, 9.17) is 10.8 Å². The lowest BCUT2D eigenvalue weighted by Gasteiger charge is -2.20. The van der Waals surface area contributed by atoms with Gasteiger partial charge in [0.05, 0.1) is 5.57 Å². The van der Waals surface area contributed by atoms with Crippen LogP contribution in [0.3, 0.4) is 0 Å². The second-order valence-corrected chi connectivity index (χ2v) is 3.40. The van der Waals surface area contributed by atoms with Crippen molar-refractivity contribution in [1.29, 1.82) is 0 Å². The summed E-state index contributed by atoms with van der Waals surface area (Å²) < 4.78 is 0. The molecule has 0 aliphatic rings. The lowest BCUT2D eigenvalue weighted by Crippen LogP contribution is -2.38. The number of aliphatic carboxylic acids is 1. The van der Waals surface area contributed by atoms with Crippen LogP contribution in [-0.4, -0.2) is 16.6 Å². The molecule has 3 N–H and O–H groups in total. The Kier molecular flexibility index (Phi) is 2.82. The highest BCUT2D eigenvalue weighted by Crippen LogP contribution is 2.16. The number of carbonyl (C=O) groups is 1. The Morgan fingerprint density at radius 1 is 1.36 bits per heavy atom. The summed E-state index contributed by atoms with van der Waals surface area (Å²) in [5.41, 5.74) is 5.93. The van der Waals surface area contributed by atoms with Gasteiger partial charge in [0.2, 0.25) is 0 Å². The number of allylic oxidation sites excluding steroid dienone is 1. The van der Waals surface area contributed by atoms with Crippen LogP contribution in [0, 0.1) is 0 Å². The molecule has 0 rings (SSSR count). The molecule has 0 saturated heterocycles. The van der Waals surface area contributed by atoms with Gasteiger partial charge < -0.3 is 10.8 Å². The van der Waals surface area contributed by atoms with E-state index in [2.05, 4.69) is 0 Å². The van der Waals surface area contributed by atoms with E-state index in [-0.39, 0.29) is 5.57 Å². The van der Waals surface area contributed by atoms with Gasteiger partial charge in [-0.3, -0.25) is 0 Å². The summed E-state index contributed by atoms with van der Waals surface area (Å²) in [4.78, 5) is 10.6. The molecule has 0 aromatic carbocycles. The van der Waals surface area contributed by atoms with Crippen molar-refractivity contribution in [2.24, 2.45) is 5.73 Å². The zero-order valence-electron chi connectivity index (χ0n) is 7.43. The molecule has 3 heteroatoms. The molecule has 0 radical (unpaired) electrons. The lowest BCUT2D eigenvalue weighted by atomic mass is 9.92. The summed E-state index contributed by atoms with van der Waals surface area (Å²) in [5.74, 6) is -0.933. The van der Waals surface area contributed by atoms with E-state index in [1.54, 1.807) is 27.7 Å². The standard InChI is InChI=1S/C8H15NO2/c1-5(2)6(7(10)11)8(3,4)9/h9H2,1-4H3,(H,10,11). The van der Waals surface area contributed by atoms with Crippen LogP contribution in [0.25, 0.3) is 0 Å². The zero-order valence-corrected chi connectivity index (χ0v) is 7.43. The second kappa shape index (κ2) is 3.05. The Morgan fingerprint density at radius 2 is 1.73 bits per heavy atom. The minimum absolute atomic E-state index is 0.289. The molecule has 0 aromatic heterocycles. The molecule has 0 heterocycles. The number of carboxylic acids is 1. The van der Waals surface area contributed by atoms with Crippen LogP contribution in [0.4, 0.5) is 0 Å². The molecule has 3 nitrogen and oxygen atoms in total. The van der Waals surface area contributed by atoms with E-state index >= 15 is 0 Å². The third-order valence-electron chi connectivity index (χ3n) is 1.36. The Labute approximate surface area is 66.9 Å². The van der Waals surface area contributed by atoms with Crippen molar-refractivity contribution in [1.82, 2.24) is 0 Å². The van der Waals surface area contributed by atoms with E-state index in [1.165, 1.54) is 0 Å². The average Bonchev–Trinajstić information content (AvgIpc) is 1.54. The van der Waals surface area contributed by atoms with Crippen molar-refractivity contribution in [2.75, 3.05) is 0 Å². The average molecular weight is 157 g/mol. The van der Waals surface area contributed by atoms with Crippen LogP contribution in [0.1, 0.15) is 27.7 Å². The van der Waals surface area contributed by atoms with Crippen LogP contribution in [0.5, 0.6) is 0 Å². The van der Waals surface area contributed by atoms with Gasteiger partial charge in [0.25, 0.3) is 0 Å². The first-order chi connectivity index (χ1) is 4.76. The van der Waals surface area contributed by atoms with Crippen molar-refractivity contribution < 1.29 is 9.90 Å². The largest absolute Gasteiger partial charge is 0.478 e. The normalized spacial score (nSPS) is 11.0. The number of nitrogens with two attached hydrogens (primary N) is 1. The predicted octanol–water partition coefficient (Wildman–Crippen LogP) is 1.14. The summed E-state index contributed by atoms with van der Waals surface area (Å²) in [6.07, 6.45) is 0. The van der Waals surface area contributed by atoms with Gasteiger partial charge in [0.1, 0.15) is 0 Å². The quantitative estimate of drug-likeness (QED) is 0.591. The molecule has 0 amide bonds. The molecule has 11 heavy (non-hydrogen) atoms. The van der Waals surface area contributed by atoms with E-state index < -0.39 is 11.5 Å². The van der Waals surface area contributed by atoms with Crippen LogP contribution >= 0.6 is 0 Å². The third-order valence-corrected chi connectivity index (χ3v) is 1.36. The van der Waals surface area contributed by atoms with Gasteiger partial charge in [-0.25, -0.2) is 4.79 Å². The lowest BCUT2D eigenvalue weighted by molar-refractivity contribution is -0.133. The summed E-state index contributed by atoms with van der Waals surface area (Å²) in [6, 6.07) is 0. The van der Waals surface area contributed by atoms with E-state index in [1.807, 2.05) is 0 Å². The highest BCUT2D eigenvalue weighted by Gasteiger charge is 2.24. The molecule has 0 aliphatic carbocycles. The van der Waals surface area contributed by atoms with Gasteiger partial charge >= 0.3 is 5.97 Å². The van der Waals surface area contributed by atoms with Crippen LogP contribution in [0.15, 0.2) is 11.1 Å². The Bertz CT molecular complexity index is 195. The number of carboxylic acid groups (broad SMARTS) is 1. The monoisotopic (exact) mass is 157 g/mol. The highest BCUT2D eigenvalue weighted by molar-refractivity contribution is 5.89. The number of hydrogen-bond donors (Lipinski definition) is 2. The maximum absolute atomic E-state index is 10.6. The third kappa shape index (κ3) is 2.72. The van der Waals surface area contributed by atoms with Crippen molar-refractivity contribution in [3.05, 3.63) is 11.1 Å². The summed E-state index contributed by atoms with van der Waals surface area (Å²) in [5, 5.41) is 8.74. The van der Waals surface area contributed by atoms with E-state index in [9.17, 15) is 4.79 Å². The maximum atomic E-state index is 10.6. The SMILES string of the molecule is CC(C)=C(C(=O)O)C(C)(C)N. The predicted molar refractivity (Wildman–Crippen MR) is 44.3 cm³/mol. The minimum atomic E-state index is -0.933. The van der Waals surface area contributed by atoms with Gasteiger partial charge in [-0.15, -0.1) is 0 Å². The molecule has 64 valence electrons. The van der Waals surface area contributed by atoms with Gasteiger partial charge in [0.15, 0.2) is 0 Å². The molecular formula is C8H15NO2. The first kappa shape index (κ1) is 10.2. The summed E-state index contributed by atoms with van der Waals surface area (Å²) in [7, 11) is 0. The molecule has 0 saturated carbocycles. The number of rotatable bonds is 2. The maximum Gasteiger partial charge on any atom is 0.333 e. The van der Waals surface area contributed by atoms with Gasteiger partial charge in [0, 0.05) is 5.54 Å². The van der Waals surface area contributed by atoms with Gasteiger partial charge in [-0.1, -0.05) is 5.57 Å². The van der Waals surface area contributed by atoms with Gasteiger partial charge in [-0.2, -0.15) is 0 Å². The molecule has 0 bridgehead atoms. The topological polar surface area (TPSA) is 63.3 Å². The van der Waals surface area contributed by atoms with Crippen molar-refractivity contribution >= 4 is 5.97 Å². The van der Waals surface area contributed by atoms with E-state index in [0.717, 1.165) is 5.57 Å². The highest BCUT2D eigenvalue weighted by atomic mass is 16.4. The van der Waals surface area contributed by atoms with Crippen molar-refractivity contribution in [2.45, 2.75) is 33.2 Å². The fraction of sp³-hybridized carbons (Fsp3) is 0.625. The molecule has 0 unspecified atom stereocenters. The Morgan fingerprint density at radius 3 is 1.73 bits per heavy atom. The molecule has 0 atom stereocenters. The fourth-order valence-corrected chi connectivity index (χ4v) is 1.13. The van der Waals surface area contributed by atoms with Crippen LogP contribution < -0.4 is 5.73 Å². The van der Waals surface area contributed by atoms with Crippen molar-refractivity contribution in [3.63, 3.8) is 0 Å². The minimum Gasteiger partial charge on any atom is -0.478 e. The molecule has 0 spiro atoms. The van der Waals surface area contributed by atoms with Crippen LogP contribution in [0.2, 0.25) is 0 Å². The molecule has 0 fully saturated rings. The summed E-state index contributed by atoms with van der Waals surface area (Å²) >= 11 is 0. The molecule has 0 aromatic rings. The molecule has 0 aliphatic heterocycles. The Balaban J connectivity index is 4.96. The van der Waals surface area contributed by atoms with Gasteiger partial charge in [-0.05, 0) is 27.7 Å². The first-order valence-corrected chi connectivity index (χ1v) is 3.47. The van der Waals surface area contributed by atoms with Crippen LogP contribution in [-0.2, 0) is 4.79 Å².